The number of benzene rings is 2. The number of phenols is 3. The molecule has 0 fully saturated rings. The van der Waals surface area contributed by atoms with Crippen LogP contribution in [0.2, 0.25) is 0 Å². The van der Waals surface area contributed by atoms with Crippen LogP contribution in [0.25, 0.3) is 10.8 Å². The van der Waals surface area contributed by atoms with Crippen molar-refractivity contribution in [3.63, 3.8) is 0 Å². The van der Waals surface area contributed by atoms with E-state index in [1.54, 1.807) is 6.07 Å². The number of aromatic nitrogens is 1. The average Bonchev–Trinajstić information content (AvgIpc) is 2.62. The molecule has 25 heavy (non-hydrogen) atoms. The lowest BCUT2D eigenvalue weighted by molar-refractivity contribution is 0.0463. The van der Waals surface area contributed by atoms with Crippen LogP contribution in [0.5, 0.6) is 17.2 Å². The quantitative estimate of drug-likeness (QED) is 0.424. The average molecular weight is 341 g/mol. The van der Waals surface area contributed by atoms with Gasteiger partial charge in [0.25, 0.3) is 0 Å². The number of para-hydroxylation sites is 1. The number of nitrogens with zero attached hydrogens (tertiary/aromatic N) is 1. The smallest absolute Gasteiger partial charge is 0.357 e. The summed E-state index contributed by atoms with van der Waals surface area (Å²) in [6.45, 7) is -0.483. The van der Waals surface area contributed by atoms with E-state index in [9.17, 15) is 25.2 Å². The van der Waals surface area contributed by atoms with Gasteiger partial charge in [0, 0.05) is 17.1 Å². The molecule has 1 aromatic heterocycles. The number of carbonyl (C=O) groups excluding carboxylic acids is 1. The van der Waals surface area contributed by atoms with Gasteiger partial charge in [-0.3, -0.25) is 0 Å². The molecule has 0 aliphatic carbocycles. The maximum Gasteiger partial charge on any atom is 0.357 e. The summed E-state index contributed by atoms with van der Waals surface area (Å²) in [6.07, 6.45) is 1.34. The van der Waals surface area contributed by atoms with Crippen LogP contribution in [-0.4, -0.2) is 31.4 Å². The van der Waals surface area contributed by atoms with Crippen molar-refractivity contribution in [1.82, 2.24) is 4.98 Å². The topological polar surface area (TPSA) is 120 Å². The molecular formula is C18H15NO6. The van der Waals surface area contributed by atoms with Crippen LogP contribution in [0.1, 0.15) is 21.6 Å². The Morgan fingerprint density at radius 3 is 2.64 bits per heavy atom. The second-order valence-electron chi connectivity index (χ2n) is 5.42. The Balaban J connectivity index is 1.83. The number of fused-ring (bicyclic) bond motifs is 1. The standard InChI is InChI=1S/C18H15NO6/c20-8-10-4-12-6-14(19-7-13(12)16(22)5-10)18(24)25-9-11-2-1-3-15(21)17(11)23/h1-7,20-23H,8-9H2. The fourth-order valence-corrected chi connectivity index (χ4v) is 2.41. The number of ether oxygens (including phenoxy) is 1. The minimum atomic E-state index is -0.724. The highest BCUT2D eigenvalue weighted by molar-refractivity contribution is 5.95. The third-order valence-electron chi connectivity index (χ3n) is 3.72. The van der Waals surface area contributed by atoms with Crippen LogP contribution >= 0.6 is 0 Å². The molecule has 128 valence electrons. The lowest BCUT2D eigenvalue weighted by Crippen LogP contribution is -2.07. The van der Waals surface area contributed by atoms with E-state index >= 15 is 0 Å². The van der Waals surface area contributed by atoms with Crippen molar-refractivity contribution in [3.8, 4) is 17.2 Å². The van der Waals surface area contributed by atoms with Crippen LogP contribution < -0.4 is 0 Å². The van der Waals surface area contributed by atoms with Crippen molar-refractivity contribution in [3.05, 3.63) is 59.4 Å². The summed E-state index contributed by atoms with van der Waals surface area (Å²) < 4.78 is 5.10. The number of aromatic hydroxyl groups is 3. The minimum Gasteiger partial charge on any atom is -0.507 e. The van der Waals surface area contributed by atoms with Gasteiger partial charge in [-0.1, -0.05) is 12.1 Å². The molecule has 0 aliphatic rings. The van der Waals surface area contributed by atoms with Gasteiger partial charge in [0.15, 0.2) is 11.5 Å². The number of esters is 1. The highest BCUT2D eigenvalue weighted by Crippen LogP contribution is 2.29. The number of carbonyl (C=O) groups is 1. The Hall–Kier alpha value is -3.32. The van der Waals surface area contributed by atoms with Crippen LogP contribution in [-0.2, 0) is 18.0 Å². The second kappa shape index (κ2) is 6.66. The first kappa shape index (κ1) is 16.5. The highest BCUT2D eigenvalue weighted by Gasteiger charge is 2.14. The molecule has 0 spiro atoms. The number of rotatable bonds is 4. The molecule has 1 heterocycles. The Morgan fingerprint density at radius 1 is 1.08 bits per heavy atom. The Kier molecular flexibility index (Phi) is 4.40. The zero-order valence-electron chi connectivity index (χ0n) is 13.0. The molecular weight excluding hydrogens is 326 g/mol. The van der Waals surface area contributed by atoms with E-state index in [0.29, 0.717) is 16.3 Å². The maximum atomic E-state index is 12.2. The van der Waals surface area contributed by atoms with Gasteiger partial charge in [-0.15, -0.1) is 0 Å². The number of phenolic OH excluding ortho intramolecular Hbond substituents is 3. The number of hydrogen-bond acceptors (Lipinski definition) is 7. The first-order valence-electron chi connectivity index (χ1n) is 7.39. The summed E-state index contributed by atoms with van der Waals surface area (Å²) in [7, 11) is 0. The third kappa shape index (κ3) is 3.31. The van der Waals surface area contributed by atoms with E-state index in [4.69, 9.17) is 4.74 Å². The van der Waals surface area contributed by atoms with Gasteiger partial charge in [0.2, 0.25) is 0 Å². The predicted molar refractivity (Wildman–Crippen MR) is 88.2 cm³/mol. The fraction of sp³-hybridized carbons (Fsp3) is 0.111. The summed E-state index contributed by atoms with van der Waals surface area (Å²) >= 11 is 0. The lowest BCUT2D eigenvalue weighted by Gasteiger charge is -2.09. The van der Waals surface area contributed by atoms with Crippen LogP contribution in [0, 0.1) is 0 Å². The summed E-state index contributed by atoms with van der Waals surface area (Å²) in [5.74, 6) is -1.42. The van der Waals surface area contributed by atoms with E-state index in [-0.39, 0.29) is 41.7 Å². The van der Waals surface area contributed by atoms with Gasteiger partial charge in [-0.2, -0.15) is 0 Å². The molecule has 3 rings (SSSR count). The van der Waals surface area contributed by atoms with Crippen molar-refractivity contribution < 1.29 is 30.0 Å². The monoisotopic (exact) mass is 341 g/mol. The highest BCUT2D eigenvalue weighted by atomic mass is 16.5. The van der Waals surface area contributed by atoms with Gasteiger partial charge in [0.1, 0.15) is 18.1 Å². The number of pyridine rings is 1. The first-order valence-corrected chi connectivity index (χ1v) is 7.39. The SMILES string of the molecule is O=C(OCc1cccc(O)c1O)c1cc2cc(CO)cc(O)c2cn1. The molecule has 7 nitrogen and oxygen atoms in total. The predicted octanol–water partition coefficient (Wildman–Crippen LogP) is 2.20. The number of hydrogen-bond donors (Lipinski definition) is 4. The molecule has 0 unspecified atom stereocenters. The fourth-order valence-electron chi connectivity index (χ4n) is 2.41. The summed E-state index contributed by atoms with van der Waals surface area (Å²) in [4.78, 5) is 16.1. The summed E-state index contributed by atoms with van der Waals surface area (Å²) in [6, 6.07) is 8.85. The van der Waals surface area contributed by atoms with Crippen LogP contribution in [0.4, 0.5) is 0 Å². The molecule has 4 N–H and O–H groups in total. The Labute approximate surface area is 142 Å². The van der Waals surface area contributed by atoms with Crippen molar-refractivity contribution >= 4 is 16.7 Å². The molecule has 3 aromatic rings. The van der Waals surface area contributed by atoms with E-state index in [2.05, 4.69) is 4.98 Å². The zero-order valence-corrected chi connectivity index (χ0v) is 13.0. The normalized spacial score (nSPS) is 10.8. The Bertz CT molecular complexity index is 954. The summed E-state index contributed by atoms with van der Waals surface area (Å²) in [5.41, 5.74) is 0.774. The molecule has 2 aromatic carbocycles. The third-order valence-corrected chi connectivity index (χ3v) is 3.72. The van der Waals surface area contributed by atoms with E-state index in [0.717, 1.165) is 0 Å². The van der Waals surface area contributed by atoms with Crippen molar-refractivity contribution in [2.24, 2.45) is 0 Å². The van der Waals surface area contributed by atoms with Crippen molar-refractivity contribution in [2.75, 3.05) is 0 Å². The zero-order chi connectivity index (χ0) is 18.0. The number of aliphatic hydroxyl groups is 1. The van der Waals surface area contributed by atoms with E-state index < -0.39 is 5.97 Å². The van der Waals surface area contributed by atoms with E-state index in [1.165, 1.54) is 36.5 Å². The van der Waals surface area contributed by atoms with Gasteiger partial charge in [-0.05, 0) is 35.2 Å². The summed E-state index contributed by atoms with van der Waals surface area (Å²) in [5, 5.41) is 39.2. The molecule has 0 saturated heterocycles. The molecule has 0 amide bonds. The second-order valence-corrected chi connectivity index (χ2v) is 5.42. The van der Waals surface area contributed by atoms with Gasteiger partial charge < -0.3 is 25.2 Å². The molecule has 0 saturated carbocycles. The Morgan fingerprint density at radius 2 is 1.88 bits per heavy atom. The van der Waals surface area contributed by atoms with Gasteiger partial charge in [-0.25, -0.2) is 9.78 Å². The maximum absolute atomic E-state index is 12.2. The van der Waals surface area contributed by atoms with Gasteiger partial charge >= 0.3 is 5.97 Å². The first-order chi connectivity index (χ1) is 12.0. The molecule has 0 atom stereocenters. The molecule has 0 radical (unpaired) electrons. The number of aliphatic hydroxyl groups excluding tert-OH is 1. The van der Waals surface area contributed by atoms with Crippen molar-refractivity contribution in [2.45, 2.75) is 13.2 Å². The largest absolute Gasteiger partial charge is 0.507 e. The van der Waals surface area contributed by atoms with Crippen molar-refractivity contribution in [1.29, 1.82) is 0 Å². The van der Waals surface area contributed by atoms with Gasteiger partial charge in [0.05, 0.1) is 6.61 Å². The molecule has 7 heteroatoms. The van der Waals surface area contributed by atoms with Crippen LogP contribution in [0.15, 0.2) is 42.6 Å². The molecule has 0 aliphatic heterocycles. The van der Waals surface area contributed by atoms with E-state index in [1.807, 2.05) is 0 Å². The van der Waals surface area contributed by atoms with Crippen LogP contribution in [0.3, 0.4) is 0 Å². The molecule has 0 bridgehead atoms. The minimum absolute atomic E-state index is 0.0154. The lowest BCUT2D eigenvalue weighted by atomic mass is 10.1.